The Bertz CT molecular complexity index is 1870. The van der Waals surface area contributed by atoms with Crippen molar-refractivity contribution in [3.63, 3.8) is 0 Å². The van der Waals surface area contributed by atoms with Gasteiger partial charge in [0, 0.05) is 26.3 Å². The number of aliphatic hydroxyl groups excluding tert-OH is 1. The quantitative estimate of drug-likeness (QED) is 0.119. The smallest absolute Gasteiger partial charge is 0.256 e. The molecule has 0 saturated carbocycles. The molecule has 6 rings (SSSR count). The first-order valence-corrected chi connectivity index (χ1v) is 15.2. The summed E-state index contributed by atoms with van der Waals surface area (Å²) in [7, 11) is 0. The summed E-state index contributed by atoms with van der Waals surface area (Å²) in [5.74, 6) is 0.0798. The van der Waals surface area contributed by atoms with E-state index in [4.69, 9.17) is 14.6 Å². The predicted molar refractivity (Wildman–Crippen MR) is 177 cm³/mol. The minimum Gasteiger partial charge on any atom is -0.490 e. The molecule has 4 aromatic carbocycles. The van der Waals surface area contributed by atoms with Crippen molar-refractivity contribution in [3.8, 4) is 34.0 Å². The van der Waals surface area contributed by atoms with Crippen molar-refractivity contribution in [1.82, 2.24) is 9.97 Å². The SMILES string of the molecule is O=c1[nH]c(-c2ccccc2)c(OCCI)c2ccc(F)cc12.O=c1[nH]c(-c2ccccc2)c(OCCO)c2ccc(F)cc12. The Morgan fingerprint density at radius 2 is 1.05 bits per heavy atom. The fourth-order valence-corrected chi connectivity index (χ4v) is 4.97. The molecule has 2 heterocycles. The Hall–Kier alpha value is -4.55. The number of aliphatic hydroxyl groups is 1. The van der Waals surface area contributed by atoms with Crippen LogP contribution in [0.3, 0.4) is 0 Å². The summed E-state index contributed by atoms with van der Waals surface area (Å²) in [6.07, 6.45) is 0. The van der Waals surface area contributed by atoms with Gasteiger partial charge in [-0.05, 0) is 36.4 Å². The maximum atomic E-state index is 13.4. The van der Waals surface area contributed by atoms with Crippen LogP contribution in [0.25, 0.3) is 44.1 Å². The lowest BCUT2D eigenvalue weighted by Crippen LogP contribution is -2.12. The summed E-state index contributed by atoms with van der Waals surface area (Å²) in [6.45, 7) is 0.438. The summed E-state index contributed by atoms with van der Waals surface area (Å²) in [6, 6.07) is 26.9. The summed E-state index contributed by atoms with van der Waals surface area (Å²) < 4.78 is 39.1. The molecule has 44 heavy (non-hydrogen) atoms. The molecule has 0 amide bonds. The first-order valence-electron chi connectivity index (χ1n) is 13.7. The van der Waals surface area contributed by atoms with Crippen LogP contribution >= 0.6 is 22.6 Å². The van der Waals surface area contributed by atoms with Crippen LogP contribution < -0.4 is 20.6 Å². The highest BCUT2D eigenvalue weighted by Crippen LogP contribution is 2.35. The first kappa shape index (κ1) is 30.9. The van der Waals surface area contributed by atoms with Gasteiger partial charge in [-0.25, -0.2) is 8.78 Å². The number of halogens is 3. The topological polar surface area (TPSA) is 104 Å². The summed E-state index contributed by atoms with van der Waals surface area (Å²) in [5, 5.41) is 10.6. The molecule has 2 aromatic heterocycles. The Morgan fingerprint density at radius 3 is 1.45 bits per heavy atom. The lowest BCUT2D eigenvalue weighted by molar-refractivity contribution is 0.203. The summed E-state index contributed by atoms with van der Waals surface area (Å²) >= 11 is 2.22. The van der Waals surface area contributed by atoms with Crippen molar-refractivity contribution in [2.75, 3.05) is 24.2 Å². The molecule has 224 valence electrons. The van der Waals surface area contributed by atoms with E-state index in [9.17, 15) is 18.4 Å². The van der Waals surface area contributed by atoms with Gasteiger partial charge in [-0.3, -0.25) is 9.59 Å². The van der Waals surface area contributed by atoms with Crippen molar-refractivity contribution in [3.05, 3.63) is 129 Å². The number of H-pyrrole nitrogens is 2. The molecule has 0 spiro atoms. The van der Waals surface area contributed by atoms with Gasteiger partial charge in [-0.2, -0.15) is 0 Å². The lowest BCUT2D eigenvalue weighted by Gasteiger charge is -2.14. The molecule has 7 nitrogen and oxygen atoms in total. The monoisotopic (exact) mass is 708 g/mol. The van der Waals surface area contributed by atoms with E-state index < -0.39 is 11.6 Å². The molecule has 10 heteroatoms. The van der Waals surface area contributed by atoms with Crippen LogP contribution in [0.15, 0.2) is 107 Å². The average Bonchev–Trinajstić information content (AvgIpc) is 3.05. The van der Waals surface area contributed by atoms with Crippen molar-refractivity contribution in [1.29, 1.82) is 0 Å². The molecule has 0 saturated heterocycles. The van der Waals surface area contributed by atoms with E-state index in [2.05, 4.69) is 32.6 Å². The van der Waals surface area contributed by atoms with Gasteiger partial charge in [0.05, 0.1) is 35.4 Å². The number of aromatic amines is 2. The van der Waals surface area contributed by atoms with Crippen LogP contribution in [-0.4, -0.2) is 39.3 Å². The zero-order valence-electron chi connectivity index (χ0n) is 23.3. The zero-order chi connectivity index (χ0) is 31.1. The fraction of sp³-hybridized carbons (Fsp3) is 0.118. The van der Waals surface area contributed by atoms with E-state index in [0.717, 1.165) is 15.6 Å². The molecular weight excluding hydrogens is 681 g/mol. The second-order valence-corrected chi connectivity index (χ2v) is 10.6. The number of fused-ring (bicyclic) bond motifs is 2. The highest BCUT2D eigenvalue weighted by atomic mass is 127. The van der Waals surface area contributed by atoms with Crippen LogP contribution in [0.1, 0.15) is 0 Å². The van der Waals surface area contributed by atoms with Gasteiger partial charge in [0.15, 0.2) is 11.5 Å². The molecular formula is C34H27F2IN2O5. The Kier molecular flexibility index (Phi) is 10.0. The standard InChI is InChI=1S/C17H13FINO2.C17H14FNO3/c18-12-6-7-13-14(10-12)17(21)20-15(16(13)22-9-8-19)11-4-2-1-3-5-11;18-12-6-7-13-14(10-12)17(21)19-15(16(13)22-9-8-20)11-4-2-1-3-5-11/h1-7,10H,8-9H2,(H,20,21);1-7,10,20H,8-9H2,(H,19,21). The van der Waals surface area contributed by atoms with Crippen LogP contribution in [-0.2, 0) is 0 Å². The number of aromatic nitrogens is 2. The maximum absolute atomic E-state index is 13.4. The lowest BCUT2D eigenvalue weighted by atomic mass is 10.1. The molecule has 0 unspecified atom stereocenters. The number of rotatable bonds is 8. The molecule has 0 bridgehead atoms. The molecule has 0 fully saturated rings. The molecule has 0 aliphatic rings. The van der Waals surface area contributed by atoms with Crippen molar-refractivity contribution >= 4 is 44.1 Å². The fourth-order valence-electron chi connectivity index (χ4n) is 4.75. The molecule has 0 radical (unpaired) electrons. The Morgan fingerprint density at radius 1 is 0.614 bits per heavy atom. The first-order chi connectivity index (χ1) is 21.4. The number of hydrogen-bond acceptors (Lipinski definition) is 5. The van der Waals surface area contributed by atoms with Crippen molar-refractivity contribution < 1.29 is 23.4 Å². The number of nitrogens with one attached hydrogen (secondary N) is 2. The molecule has 0 aliphatic heterocycles. The van der Waals surface area contributed by atoms with Crippen LogP contribution in [0.2, 0.25) is 0 Å². The number of alkyl halides is 1. The van der Waals surface area contributed by atoms with Gasteiger partial charge in [-0.15, -0.1) is 0 Å². The highest BCUT2D eigenvalue weighted by molar-refractivity contribution is 14.1. The minimum absolute atomic E-state index is 0.0817. The zero-order valence-corrected chi connectivity index (χ0v) is 25.4. The van der Waals surface area contributed by atoms with E-state index in [1.165, 1.54) is 30.3 Å². The number of hydrogen-bond donors (Lipinski definition) is 3. The van der Waals surface area contributed by atoms with E-state index in [0.29, 0.717) is 45.7 Å². The van der Waals surface area contributed by atoms with Crippen LogP contribution in [0.5, 0.6) is 11.5 Å². The van der Waals surface area contributed by atoms with Crippen LogP contribution in [0, 0.1) is 11.6 Å². The summed E-state index contributed by atoms with van der Waals surface area (Å²) in [4.78, 5) is 30.1. The minimum atomic E-state index is -0.487. The second-order valence-electron chi connectivity index (χ2n) is 9.54. The van der Waals surface area contributed by atoms with E-state index in [1.807, 2.05) is 60.7 Å². The van der Waals surface area contributed by atoms with Crippen molar-refractivity contribution in [2.24, 2.45) is 0 Å². The predicted octanol–water partition coefficient (Wildman–Crippen LogP) is 6.85. The van der Waals surface area contributed by atoms with Gasteiger partial charge in [0.25, 0.3) is 11.1 Å². The maximum Gasteiger partial charge on any atom is 0.256 e. The number of ether oxygens (including phenoxy) is 2. The number of benzene rings is 4. The Labute approximate surface area is 264 Å². The molecule has 0 aliphatic carbocycles. The third-order valence-corrected chi connectivity index (χ3v) is 7.10. The molecule has 6 aromatic rings. The van der Waals surface area contributed by atoms with Gasteiger partial charge in [0.2, 0.25) is 0 Å². The van der Waals surface area contributed by atoms with E-state index in [-0.39, 0.29) is 29.7 Å². The second kappa shape index (κ2) is 14.3. The van der Waals surface area contributed by atoms with E-state index >= 15 is 0 Å². The van der Waals surface area contributed by atoms with Crippen molar-refractivity contribution in [2.45, 2.75) is 0 Å². The third kappa shape index (κ3) is 6.81. The van der Waals surface area contributed by atoms with Gasteiger partial charge in [-0.1, -0.05) is 83.3 Å². The normalized spacial score (nSPS) is 10.8. The third-order valence-electron chi connectivity index (χ3n) is 6.66. The van der Waals surface area contributed by atoms with Gasteiger partial charge >= 0.3 is 0 Å². The van der Waals surface area contributed by atoms with Gasteiger partial charge in [0.1, 0.15) is 18.2 Å². The van der Waals surface area contributed by atoms with E-state index in [1.54, 1.807) is 6.07 Å². The average molecular weight is 708 g/mol. The molecule has 0 atom stereocenters. The van der Waals surface area contributed by atoms with Gasteiger partial charge < -0.3 is 24.5 Å². The van der Waals surface area contributed by atoms with Crippen LogP contribution in [0.4, 0.5) is 8.78 Å². The Balaban J connectivity index is 0.000000175. The number of pyridine rings is 2. The summed E-state index contributed by atoms with van der Waals surface area (Å²) in [5.41, 5.74) is 2.06. The molecule has 3 N–H and O–H groups in total. The largest absolute Gasteiger partial charge is 0.490 e. The highest BCUT2D eigenvalue weighted by Gasteiger charge is 2.16.